The first-order chi connectivity index (χ1) is 40.6. The predicted molar refractivity (Wildman–Crippen MR) is 327 cm³/mol. The van der Waals surface area contributed by atoms with Crippen molar-refractivity contribution in [3.63, 3.8) is 0 Å². The lowest BCUT2D eigenvalue weighted by atomic mass is 10.0. The molecule has 0 bridgehead atoms. The molecular formula is C71H94F2O10. The maximum atomic E-state index is 15.3. The van der Waals surface area contributed by atoms with Gasteiger partial charge in [-0.05, 0) is 105 Å². The maximum Gasteiger partial charge on any atom is 0.346 e. The Morgan fingerprint density at radius 1 is 0.325 bits per heavy atom. The summed E-state index contributed by atoms with van der Waals surface area (Å²) >= 11 is 0. The molecule has 10 nitrogen and oxygen atoms in total. The van der Waals surface area contributed by atoms with Gasteiger partial charge in [0, 0.05) is 17.7 Å². The lowest BCUT2D eigenvalue weighted by molar-refractivity contribution is 0.0719. The van der Waals surface area contributed by atoms with Gasteiger partial charge in [-0.3, -0.25) is 0 Å². The van der Waals surface area contributed by atoms with Gasteiger partial charge in [0.15, 0.2) is 0 Å². The van der Waals surface area contributed by atoms with Crippen LogP contribution in [0.4, 0.5) is 8.78 Å². The van der Waals surface area contributed by atoms with Crippen LogP contribution in [0.3, 0.4) is 0 Å². The number of esters is 4. The zero-order valence-electron chi connectivity index (χ0n) is 50.2. The van der Waals surface area contributed by atoms with Crippen LogP contribution in [0.1, 0.15) is 266 Å². The Morgan fingerprint density at radius 3 is 0.892 bits per heavy atom. The van der Waals surface area contributed by atoms with Crippen molar-refractivity contribution >= 4 is 23.9 Å². The van der Waals surface area contributed by atoms with E-state index in [4.69, 9.17) is 28.4 Å². The number of hydrogen-bond donors (Lipinski definition) is 0. The Balaban J connectivity index is 0.949. The van der Waals surface area contributed by atoms with Crippen molar-refractivity contribution in [1.29, 1.82) is 0 Å². The molecule has 0 fully saturated rings. The van der Waals surface area contributed by atoms with Crippen LogP contribution in [-0.4, -0.2) is 37.1 Å². The van der Waals surface area contributed by atoms with Crippen LogP contribution in [0.2, 0.25) is 0 Å². The Morgan fingerprint density at radius 2 is 0.602 bits per heavy atom. The number of halogens is 2. The monoisotopic (exact) mass is 1140 g/mol. The van der Waals surface area contributed by atoms with Gasteiger partial charge >= 0.3 is 23.9 Å². The largest absolute Gasteiger partial charge is 0.494 e. The topological polar surface area (TPSA) is 124 Å². The molecular weight excluding hydrogens is 1050 g/mol. The van der Waals surface area contributed by atoms with Crippen molar-refractivity contribution in [1.82, 2.24) is 0 Å². The fourth-order valence-corrected chi connectivity index (χ4v) is 9.96. The summed E-state index contributed by atoms with van der Waals surface area (Å²) < 4.78 is 64.2. The fourth-order valence-electron chi connectivity index (χ4n) is 9.96. The van der Waals surface area contributed by atoms with E-state index in [0.29, 0.717) is 24.7 Å². The average molecular weight is 1150 g/mol. The molecule has 0 aromatic heterocycles. The Hall–Kier alpha value is -6.56. The SMILES string of the molecule is CCCCCCCCCCCCCCCCCCOc1ccc(C(=O)Oc2ccc(C(=O)Oc3cccc(OC(=O)c4ccc(OC(=O)c5ccc(OCCCCCCCCCCCCCCCCCC)cc5)cc4F)c3C)c(F)c2)cc1. The van der Waals surface area contributed by atoms with Crippen LogP contribution in [-0.2, 0) is 0 Å². The molecule has 0 saturated carbocycles. The quantitative estimate of drug-likeness (QED) is 0.0212. The zero-order chi connectivity index (χ0) is 59.1. The minimum atomic E-state index is -1.07. The number of benzene rings is 5. The molecule has 0 atom stereocenters. The van der Waals surface area contributed by atoms with Gasteiger partial charge in [-0.25, -0.2) is 28.0 Å². The molecule has 0 N–H and O–H groups in total. The van der Waals surface area contributed by atoms with Crippen LogP contribution in [0.15, 0.2) is 103 Å². The molecule has 0 aliphatic rings. The third-order valence-electron chi connectivity index (χ3n) is 15.1. The maximum absolute atomic E-state index is 15.3. The van der Waals surface area contributed by atoms with E-state index in [-0.39, 0.29) is 39.7 Å². The smallest absolute Gasteiger partial charge is 0.346 e. The van der Waals surface area contributed by atoms with Crippen LogP contribution in [0.25, 0.3) is 0 Å². The molecule has 452 valence electrons. The summed E-state index contributed by atoms with van der Waals surface area (Å²) in [6.07, 6.45) is 41.6. The molecule has 0 amide bonds. The third kappa shape index (κ3) is 26.7. The number of carbonyl (C=O) groups excluding carboxylic acids is 4. The molecule has 0 spiro atoms. The van der Waals surface area contributed by atoms with Crippen LogP contribution >= 0.6 is 0 Å². The van der Waals surface area contributed by atoms with E-state index in [2.05, 4.69) is 13.8 Å². The molecule has 5 aromatic rings. The number of ether oxygens (including phenoxy) is 6. The fraction of sp³-hybridized carbons (Fsp3) is 0.521. The molecule has 83 heavy (non-hydrogen) atoms. The molecule has 5 rings (SSSR count). The first-order valence-corrected chi connectivity index (χ1v) is 31.6. The molecule has 0 radical (unpaired) electrons. The summed E-state index contributed by atoms with van der Waals surface area (Å²) in [6.45, 7) is 7.20. The molecule has 12 heteroatoms. The van der Waals surface area contributed by atoms with Crippen molar-refractivity contribution in [2.75, 3.05) is 13.2 Å². The first-order valence-electron chi connectivity index (χ1n) is 31.6. The molecule has 0 aliphatic carbocycles. The van der Waals surface area contributed by atoms with Crippen LogP contribution < -0.4 is 28.4 Å². The minimum absolute atomic E-state index is 0.0506. The first kappa shape index (κ1) is 67.2. The Kier molecular flexibility index (Phi) is 32.9. The zero-order valence-corrected chi connectivity index (χ0v) is 50.2. The van der Waals surface area contributed by atoms with Crippen molar-refractivity contribution in [2.24, 2.45) is 0 Å². The Labute approximate surface area is 494 Å². The van der Waals surface area contributed by atoms with E-state index < -0.39 is 46.6 Å². The number of hydrogen-bond acceptors (Lipinski definition) is 10. The standard InChI is InChI=1S/C71H94F2O10/c1-4-6-8-10-12-14-16-18-20-22-24-26-28-30-32-34-51-78-58-43-39-56(40-44-58)68(74)80-60-47-49-62(64(72)53-60)70(76)82-66-37-36-38-67(55(66)3)83-71(77)63-50-48-61(54-65(63)73)81-69(75)57-41-45-59(46-42-57)79-52-35-33-31-29-27-25-23-21-19-17-15-13-11-9-7-5-2/h36-50,53-54H,4-35,51-52H2,1-3H3. The second-order valence-corrected chi connectivity index (χ2v) is 22.1. The molecule has 0 heterocycles. The van der Waals surface area contributed by atoms with Gasteiger partial charge in [0.1, 0.15) is 46.1 Å². The van der Waals surface area contributed by atoms with Crippen molar-refractivity contribution < 1.29 is 56.4 Å². The van der Waals surface area contributed by atoms with Gasteiger partial charge in [-0.2, -0.15) is 0 Å². The highest BCUT2D eigenvalue weighted by molar-refractivity contribution is 5.94. The van der Waals surface area contributed by atoms with Crippen molar-refractivity contribution in [3.8, 4) is 34.5 Å². The van der Waals surface area contributed by atoms with Crippen molar-refractivity contribution in [2.45, 2.75) is 226 Å². The van der Waals surface area contributed by atoms with E-state index in [1.807, 2.05) is 0 Å². The molecule has 5 aromatic carbocycles. The summed E-state index contributed by atoms with van der Waals surface area (Å²) in [7, 11) is 0. The van der Waals surface area contributed by atoms with E-state index in [1.165, 1.54) is 217 Å². The summed E-state index contributed by atoms with van der Waals surface area (Å²) in [5, 5.41) is 0. The van der Waals surface area contributed by atoms with Crippen molar-refractivity contribution in [3.05, 3.63) is 143 Å². The van der Waals surface area contributed by atoms with Gasteiger partial charge in [0.2, 0.25) is 0 Å². The van der Waals surface area contributed by atoms with Gasteiger partial charge in [-0.1, -0.05) is 213 Å². The highest BCUT2D eigenvalue weighted by atomic mass is 19.1. The number of rotatable bonds is 44. The number of unbranched alkanes of at least 4 members (excludes halogenated alkanes) is 30. The highest BCUT2D eigenvalue weighted by Crippen LogP contribution is 2.31. The second kappa shape index (κ2) is 40.6. The summed E-state index contributed by atoms with van der Waals surface area (Å²) in [5.74, 6) is -4.65. The summed E-state index contributed by atoms with van der Waals surface area (Å²) in [6, 6.07) is 24.0. The second-order valence-electron chi connectivity index (χ2n) is 22.1. The lowest BCUT2D eigenvalue weighted by Crippen LogP contribution is -2.14. The van der Waals surface area contributed by atoms with Gasteiger partial charge < -0.3 is 28.4 Å². The van der Waals surface area contributed by atoms with Crippen LogP contribution in [0.5, 0.6) is 34.5 Å². The van der Waals surface area contributed by atoms with Gasteiger partial charge in [-0.15, -0.1) is 0 Å². The van der Waals surface area contributed by atoms with E-state index >= 15 is 8.78 Å². The Bertz CT molecular complexity index is 2470. The summed E-state index contributed by atoms with van der Waals surface area (Å²) in [5.41, 5.74) is -0.221. The minimum Gasteiger partial charge on any atom is -0.494 e. The van der Waals surface area contributed by atoms with E-state index in [9.17, 15) is 19.2 Å². The number of carbonyl (C=O) groups is 4. The van der Waals surface area contributed by atoms with Gasteiger partial charge in [0.25, 0.3) is 0 Å². The van der Waals surface area contributed by atoms with Gasteiger partial charge in [0.05, 0.1) is 35.5 Å². The van der Waals surface area contributed by atoms with E-state index in [0.717, 1.165) is 49.9 Å². The predicted octanol–water partition coefficient (Wildman–Crippen LogP) is 20.4. The third-order valence-corrected chi connectivity index (χ3v) is 15.1. The highest BCUT2D eigenvalue weighted by Gasteiger charge is 2.22. The normalized spacial score (nSPS) is 11.1. The van der Waals surface area contributed by atoms with E-state index in [1.54, 1.807) is 48.5 Å². The molecule has 0 saturated heterocycles. The molecule has 0 aliphatic heterocycles. The van der Waals surface area contributed by atoms with Crippen LogP contribution in [0, 0.1) is 18.6 Å². The summed E-state index contributed by atoms with van der Waals surface area (Å²) in [4.78, 5) is 52.2. The average Bonchev–Trinajstić information content (AvgIpc) is 3.63. The molecule has 0 unspecified atom stereocenters. The lowest BCUT2D eigenvalue weighted by Gasteiger charge is -2.13.